The molecule has 0 spiro atoms. The van der Waals surface area contributed by atoms with E-state index in [1.807, 2.05) is 4.90 Å². The molecule has 2 amide bonds. The van der Waals surface area contributed by atoms with Crippen molar-refractivity contribution in [3.8, 4) is 0 Å². The van der Waals surface area contributed by atoms with Crippen LogP contribution in [-0.4, -0.2) is 47.4 Å². The standard InChI is InChI=1S/C18H30N2O4/c1-2-3-4-9-19-16(21)13-7-10-20(11-8-13)17(22)14-5-6-15(12-14)18(23)24/h13-15H,2-12H2,1H3,(H,19,21)(H,23,24)/t14-,15+/m1/s1. The highest BCUT2D eigenvalue weighted by Crippen LogP contribution is 2.33. The van der Waals surface area contributed by atoms with E-state index in [2.05, 4.69) is 12.2 Å². The molecule has 0 aromatic heterocycles. The van der Waals surface area contributed by atoms with E-state index >= 15 is 0 Å². The Morgan fingerprint density at radius 1 is 1.00 bits per heavy atom. The largest absolute Gasteiger partial charge is 0.481 e. The second-order valence-corrected chi connectivity index (χ2v) is 7.14. The quantitative estimate of drug-likeness (QED) is 0.696. The third kappa shape index (κ3) is 4.95. The van der Waals surface area contributed by atoms with Crippen LogP contribution in [0.1, 0.15) is 58.3 Å². The van der Waals surface area contributed by atoms with Crippen LogP contribution in [0.25, 0.3) is 0 Å². The molecule has 1 heterocycles. The molecule has 0 bridgehead atoms. The third-order valence-corrected chi connectivity index (χ3v) is 5.39. The summed E-state index contributed by atoms with van der Waals surface area (Å²) in [5.41, 5.74) is 0. The number of hydrogen-bond donors (Lipinski definition) is 2. The lowest BCUT2D eigenvalue weighted by Crippen LogP contribution is -2.45. The molecule has 6 heteroatoms. The van der Waals surface area contributed by atoms with Crippen LogP contribution in [0.4, 0.5) is 0 Å². The van der Waals surface area contributed by atoms with Gasteiger partial charge in [-0.25, -0.2) is 0 Å². The van der Waals surface area contributed by atoms with E-state index in [0.29, 0.717) is 45.2 Å². The Morgan fingerprint density at radius 3 is 2.25 bits per heavy atom. The van der Waals surface area contributed by atoms with Gasteiger partial charge in [-0.15, -0.1) is 0 Å². The SMILES string of the molecule is CCCCCNC(=O)C1CCN(C(=O)[C@@H]2CC[C@H](C(=O)O)C2)CC1. The first-order chi connectivity index (χ1) is 11.5. The molecule has 0 radical (unpaired) electrons. The van der Waals surface area contributed by atoms with Gasteiger partial charge < -0.3 is 15.3 Å². The molecule has 0 aromatic carbocycles. The number of amides is 2. The van der Waals surface area contributed by atoms with Gasteiger partial charge >= 0.3 is 5.97 Å². The zero-order valence-corrected chi connectivity index (χ0v) is 14.6. The van der Waals surface area contributed by atoms with E-state index < -0.39 is 5.97 Å². The van der Waals surface area contributed by atoms with Gasteiger partial charge in [0.15, 0.2) is 0 Å². The Kier molecular flexibility index (Phi) is 7.06. The van der Waals surface area contributed by atoms with Crippen molar-refractivity contribution in [2.45, 2.75) is 58.3 Å². The third-order valence-electron chi connectivity index (χ3n) is 5.39. The predicted octanol–water partition coefficient (Wildman–Crippen LogP) is 2.03. The van der Waals surface area contributed by atoms with Gasteiger partial charge in [0.25, 0.3) is 0 Å². The average Bonchev–Trinajstić information content (AvgIpc) is 3.08. The summed E-state index contributed by atoms with van der Waals surface area (Å²) >= 11 is 0. The summed E-state index contributed by atoms with van der Waals surface area (Å²) in [6.45, 7) is 4.10. The number of hydrogen-bond acceptors (Lipinski definition) is 3. The number of aliphatic carboxylic acids is 1. The number of nitrogens with one attached hydrogen (secondary N) is 1. The zero-order chi connectivity index (χ0) is 17.5. The van der Waals surface area contributed by atoms with Crippen molar-refractivity contribution in [2.24, 2.45) is 17.8 Å². The van der Waals surface area contributed by atoms with Crippen LogP contribution in [-0.2, 0) is 14.4 Å². The lowest BCUT2D eigenvalue weighted by atomic mass is 9.94. The minimum Gasteiger partial charge on any atom is -0.481 e. The molecule has 1 saturated carbocycles. The van der Waals surface area contributed by atoms with Gasteiger partial charge in [0.1, 0.15) is 0 Å². The molecule has 6 nitrogen and oxygen atoms in total. The number of unbranched alkanes of at least 4 members (excludes halogenated alkanes) is 2. The van der Waals surface area contributed by atoms with Crippen LogP contribution in [0.15, 0.2) is 0 Å². The van der Waals surface area contributed by atoms with E-state index in [1.54, 1.807) is 0 Å². The molecule has 0 aromatic rings. The van der Waals surface area contributed by atoms with Crippen molar-refractivity contribution >= 4 is 17.8 Å². The van der Waals surface area contributed by atoms with Gasteiger partial charge in [-0.1, -0.05) is 19.8 Å². The average molecular weight is 338 g/mol. The topological polar surface area (TPSA) is 86.7 Å². The van der Waals surface area contributed by atoms with Gasteiger partial charge in [-0.2, -0.15) is 0 Å². The maximum Gasteiger partial charge on any atom is 0.306 e. The Morgan fingerprint density at radius 2 is 1.67 bits per heavy atom. The number of piperidine rings is 1. The molecule has 1 aliphatic heterocycles. The highest BCUT2D eigenvalue weighted by Gasteiger charge is 2.37. The zero-order valence-electron chi connectivity index (χ0n) is 14.6. The molecule has 1 saturated heterocycles. The summed E-state index contributed by atoms with van der Waals surface area (Å²) in [6.07, 6.45) is 6.45. The minimum absolute atomic E-state index is 0.00558. The van der Waals surface area contributed by atoms with Crippen LogP contribution in [0.3, 0.4) is 0 Å². The first-order valence-corrected chi connectivity index (χ1v) is 9.32. The summed E-state index contributed by atoms with van der Waals surface area (Å²) in [5.74, 6) is -1.10. The molecular weight excluding hydrogens is 308 g/mol. The maximum absolute atomic E-state index is 12.5. The molecule has 24 heavy (non-hydrogen) atoms. The number of carboxylic acid groups (broad SMARTS) is 1. The summed E-state index contributed by atoms with van der Waals surface area (Å²) in [7, 11) is 0. The Labute approximate surface area is 144 Å². The first-order valence-electron chi connectivity index (χ1n) is 9.32. The number of rotatable bonds is 7. The number of carboxylic acids is 1. The molecule has 2 atom stereocenters. The Hall–Kier alpha value is -1.59. The molecular formula is C18H30N2O4. The van der Waals surface area contributed by atoms with E-state index in [4.69, 9.17) is 5.11 Å². The van der Waals surface area contributed by atoms with Crippen molar-refractivity contribution in [1.29, 1.82) is 0 Å². The van der Waals surface area contributed by atoms with Crippen LogP contribution < -0.4 is 5.32 Å². The van der Waals surface area contributed by atoms with E-state index in [0.717, 1.165) is 25.8 Å². The highest BCUT2D eigenvalue weighted by molar-refractivity contribution is 5.82. The van der Waals surface area contributed by atoms with Gasteiger partial charge in [-0.3, -0.25) is 14.4 Å². The van der Waals surface area contributed by atoms with Gasteiger partial charge in [0.2, 0.25) is 11.8 Å². The van der Waals surface area contributed by atoms with Crippen molar-refractivity contribution in [3.63, 3.8) is 0 Å². The molecule has 2 rings (SSSR count). The Balaban J connectivity index is 1.71. The van der Waals surface area contributed by atoms with Crippen LogP contribution in [0.2, 0.25) is 0 Å². The van der Waals surface area contributed by atoms with Gasteiger partial charge in [0, 0.05) is 31.5 Å². The van der Waals surface area contributed by atoms with Gasteiger partial charge in [0.05, 0.1) is 5.92 Å². The fourth-order valence-electron chi connectivity index (χ4n) is 3.78. The summed E-state index contributed by atoms with van der Waals surface area (Å²) < 4.78 is 0. The fraction of sp³-hybridized carbons (Fsp3) is 0.833. The lowest BCUT2D eigenvalue weighted by molar-refractivity contribution is -0.142. The van der Waals surface area contributed by atoms with Crippen LogP contribution in [0, 0.1) is 17.8 Å². The summed E-state index contributed by atoms with van der Waals surface area (Å²) in [5, 5.41) is 12.1. The van der Waals surface area contributed by atoms with Crippen molar-refractivity contribution in [1.82, 2.24) is 10.2 Å². The number of carbonyl (C=O) groups excluding carboxylic acids is 2. The van der Waals surface area contributed by atoms with Crippen molar-refractivity contribution in [3.05, 3.63) is 0 Å². The minimum atomic E-state index is -0.788. The lowest BCUT2D eigenvalue weighted by Gasteiger charge is -2.33. The smallest absolute Gasteiger partial charge is 0.306 e. The van der Waals surface area contributed by atoms with Crippen molar-refractivity contribution < 1.29 is 19.5 Å². The molecule has 1 aliphatic carbocycles. The number of carbonyl (C=O) groups is 3. The van der Waals surface area contributed by atoms with Gasteiger partial charge in [-0.05, 0) is 38.5 Å². The molecule has 136 valence electrons. The van der Waals surface area contributed by atoms with Crippen LogP contribution >= 0.6 is 0 Å². The fourth-order valence-corrected chi connectivity index (χ4v) is 3.78. The summed E-state index contributed by atoms with van der Waals surface area (Å²) in [4.78, 5) is 37.5. The maximum atomic E-state index is 12.5. The van der Waals surface area contributed by atoms with Crippen molar-refractivity contribution in [2.75, 3.05) is 19.6 Å². The number of likely N-dealkylation sites (tertiary alicyclic amines) is 1. The predicted molar refractivity (Wildman–Crippen MR) is 90.3 cm³/mol. The second-order valence-electron chi connectivity index (χ2n) is 7.14. The second kappa shape index (κ2) is 9.04. The Bertz CT molecular complexity index is 458. The normalized spacial score (nSPS) is 24.8. The monoisotopic (exact) mass is 338 g/mol. The van der Waals surface area contributed by atoms with E-state index in [-0.39, 0.29) is 29.6 Å². The number of nitrogens with zero attached hydrogens (tertiary/aromatic N) is 1. The molecule has 2 N–H and O–H groups in total. The van der Waals surface area contributed by atoms with E-state index in [1.165, 1.54) is 0 Å². The van der Waals surface area contributed by atoms with E-state index in [9.17, 15) is 14.4 Å². The molecule has 2 aliphatic rings. The summed E-state index contributed by atoms with van der Waals surface area (Å²) in [6, 6.07) is 0. The molecule has 2 fully saturated rings. The van der Waals surface area contributed by atoms with Crippen LogP contribution in [0.5, 0.6) is 0 Å². The first kappa shape index (κ1) is 18.7. The highest BCUT2D eigenvalue weighted by atomic mass is 16.4. The molecule has 0 unspecified atom stereocenters.